The SMILES string of the molecule is CCC1=CC2C(C1)CC2(C[N+](=O)[O-])OC(=O)CC(=O)O. The Kier molecular flexibility index (Phi) is 3.78. The first-order chi connectivity index (χ1) is 9.36. The van der Waals surface area contributed by atoms with Crippen molar-refractivity contribution in [3.05, 3.63) is 21.8 Å². The molecule has 0 amide bonds. The second-order valence-corrected chi connectivity index (χ2v) is 5.47. The molecule has 0 heterocycles. The summed E-state index contributed by atoms with van der Waals surface area (Å²) in [5.41, 5.74) is 0.0666. The molecule has 1 saturated carbocycles. The summed E-state index contributed by atoms with van der Waals surface area (Å²) in [4.78, 5) is 32.4. The first-order valence-electron chi connectivity index (χ1n) is 6.61. The lowest BCUT2D eigenvalue weighted by atomic mass is 9.62. The van der Waals surface area contributed by atoms with Crippen molar-refractivity contribution in [2.24, 2.45) is 11.8 Å². The maximum atomic E-state index is 11.5. The molecule has 2 aliphatic rings. The van der Waals surface area contributed by atoms with Gasteiger partial charge in [-0.15, -0.1) is 0 Å². The Morgan fingerprint density at radius 3 is 2.85 bits per heavy atom. The van der Waals surface area contributed by atoms with E-state index in [4.69, 9.17) is 9.84 Å². The van der Waals surface area contributed by atoms with Crippen LogP contribution in [0.4, 0.5) is 0 Å². The lowest BCUT2D eigenvalue weighted by molar-refractivity contribution is -0.509. The van der Waals surface area contributed by atoms with Gasteiger partial charge in [0.15, 0.2) is 5.60 Å². The molecule has 0 aromatic carbocycles. The van der Waals surface area contributed by atoms with E-state index in [0.717, 1.165) is 12.8 Å². The van der Waals surface area contributed by atoms with Gasteiger partial charge in [0.25, 0.3) is 0 Å². The molecule has 3 atom stereocenters. The van der Waals surface area contributed by atoms with Crippen LogP contribution in [0.25, 0.3) is 0 Å². The summed E-state index contributed by atoms with van der Waals surface area (Å²) >= 11 is 0. The lowest BCUT2D eigenvalue weighted by Gasteiger charge is -2.48. The average molecular weight is 283 g/mol. The molecule has 20 heavy (non-hydrogen) atoms. The summed E-state index contributed by atoms with van der Waals surface area (Å²) in [6, 6.07) is 0. The molecule has 7 nitrogen and oxygen atoms in total. The van der Waals surface area contributed by atoms with E-state index in [1.54, 1.807) is 0 Å². The third kappa shape index (κ3) is 2.66. The third-order valence-corrected chi connectivity index (χ3v) is 4.13. The molecule has 0 aromatic heterocycles. The number of hydrogen-bond acceptors (Lipinski definition) is 5. The molecule has 2 rings (SSSR count). The highest BCUT2D eigenvalue weighted by Crippen LogP contribution is 2.55. The fraction of sp³-hybridized carbons (Fsp3) is 0.692. The number of ether oxygens (including phenoxy) is 1. The number of carbonyl (C=O) groups is 2. The van der Waals surface area contributed by atoms with E-state index in [0.29, 0.717) is 6.42 Å². The molecule has 1 N–H and O–H groups in total. The number of rotatable bonds is 6. The molecule has 0 radical (unpaired) electrons. The Hall–Kier alpha value is -1.92. The zero-order chi connectivity index (χ0) is 14.9. The number of fused-ring (bicyclic) bond motifs is 1. The minimum atomic E-state index is -1.29. The molecule has 7 heteroatoms. The Bertz CT molecular complexity index is 485. The number of nitrogens with zero attached hydrogens (tertiary/aromatic N) is 1. The predicted octanol–water partition coefficient (Wildman–Crippen LogP) is 1.40. The number of esters is 1. The highest BCUT2D eigenvalue weighted by atomic mass is 16.6. The van der Waals surface area contributed by atoms with E-state index < -0.39 is 35.4 Å². The van der Waals surface area contributed by atoms with Gasteiger partial charge in [0.05, 0.1) is 0 Å². The van der Waals surface area contributed by atoms with Crippen LogP contribution in [0.1, 0.15) is 32.6 Å². The minimum Gasteiger partial charge on any atom is -0.481 e. The summed E-state index contributed by atoms with van der Waals surface area (Å²) in [6.07, 6.45) is 3.40. The summed E-state index contributed by atoms with van der Waals surface area (Å²) in [6.45, 7) is 1.55. The van der Waals surface area contributed by atoms with Gasteiger partial charge < -0.3 is 9.84 Å². The first-order valence-corrected chi connectivity index (χ1v) is 6.61. The lowest BCUT2D eigenvalue weighted by Crippen LogP contribution is -2.58. The molecular formula is C13H17NO6. The summed E-state index contributed by atoms with van der Waals surface area (Å²) in [5, 5.41) is 19.4. The van der Waals surface area contributed by atoms with Gasteiger partial charge in [-0.2, -0.15) is 0 Å². The molecule has 3 unspecified atom stereocenters. The maximum absolute atomic E-state index is 11.5. The molecule has 0 saturated heterocycles. The van der Waals surface area contributed by atoms with Gasteiger partial charge in [-0.3, -0.25) is 19.7 Å². The zero-order valence-electron chi connectivity index (χ0n) is 11.2. The predicted molar refractivity (Wildman–Crippen MR) is 67.5 cm³/mol. The summed E-state index contributed by atoms with van der Waals surface area (Å²) in [7, 11) is 0. The van der Waals surface area contributed by atoms with E-state index in [1.807, 2.05) is 13.0 Å². The number of allylic oxidation sites excluding steroid dienone is 1. The van der Waals surface area contributed by atoms with E-state index in [2.05, 4.69) is 0 Å². The van der Waals surface area contributed by atoms with E-state index in [9.17, 15) is 19.7 Å². The fourth-order valence-corrected chi connectivity index (χ4v) is 3.30. The highest BCUT2D eigenvalue weighted by molar-refractivity contribution is 5.90. The van der Waals surface area contributed by atoms with Crippen molar-refractivity contribution in [3.63, 3.8) is 0 Å². The van der Waals surface area contributed by atoms with Crippen LogP contribution < -0.4 is 0 Å². The molecule has 0 aliphatic heterocycles. The van der Waals surface area contributed by atoms with Crippen LogP contribution in [0.15, 0.2) is 11.6 Å². The van der Waals surface area contributed by atoms with Crippen LogP contribution in [0.5, 0.6) is 0 Å². The van der Waals surface area contributed by atoms with Gasteiger partial charge in [0.2, 0.25) is 6.54 Å². The monoisotopic (exact) mass is 283 g/mol. The Labute approximate surface area is 115 Å². The molecule has 1 fully saturated rings. The number of carboxylic acid groups (broad SMARTS) is 1. The Balaban J connectivity index is 2.12. The maximum Gasteiger partial charge on any atom is 0.317 e. The number of carboxylic acids is 1. The van der Waals surface area contributed by atoms with Crippen LogP contribution in [-0.4, -0.2) is 34.1 Å². The number of aliphatic carboxylic acids is 1. The number of hydrogen-bond donors (Lipinski definition) is 1. The van der Waals surface area contributed by atoms with Crippen LogP contribution >= 0.6 is 0 Å². The first kappa shape index (κ1) is 14.5. The van der Waals surface area contributed by atoms with Crippen molar-refractivity contribution in [3.8, 4) is 0 Å². The molecule has 110 valence electrons. The summed E-state index contributed by atoms with van der Waals surface area (Å²) < 4.78 is 5.20. The average Bonchev–Trinajstić information content (AvgIpc) is 2.64. The topological polar surface area (TPSA) is 107 Å². The van der Waals surface area contributed by atoms with Crippen molar-refractivity contribution in [2.45, 2.75) is 38.2 Å². The van der Waals surface area contributed by atoms with Gasteiger partial charge in [-0.25, -0.2) is 0 Å². The normalized spacial score (nSPS) is 30.9. The number of carbonyl (C=O) groups excluding carboxylic acids is 1. The summed E-state index contributed by atoms with van der Waals surface area (Å²) in [5.74, 6) is -2.07. The fourth-order valence-electron chi connectivity index (χ4n) is 3.30. The number of nitro groups is 1. The van der Waals surface area contributed by atoms with Crippen LogP contribution in [0.2, 0.25) is 0 Å². The van der Waals surface area contributed by atoms with E-state index in [1.165, 1.54) is 5.57 Å². The van der Waals surface area contributed by atoms with Gasteiger partial charge in [0.1, 0.15) is 6.42 Å². The molecule has 2 aliphatic carbocycles. The minimum absolute atomic E-state index is 0.152. The highest BCUT2D eigenvalue weighted by Gasteiger charge is 2.61. The van der Waals surface area contributed by atoms with Crippen molar-refractivity contribution >= 4 is 11.9 Å². The van der Waals surface area contributed by atoms with E-state index in [-0.39, 0.29) is 11.8 Å². The van der Waals surface area contributed by atoms with Crippen LogP contribution in [0, 0.1) is 22.0 Å². The molecular weight excluding hydrogens is 266 g/mol. The Morgan fingerprint density at radius 1 is 1.60 bits per heavy atom. The second kappa shape index (κ2) is 5.22. The van der Waals surface area contributed by atoms with Gasteiger partial charge >= 0.3 is 11.9 Å². The smallest absolute Gasteiger partial charge is 0.317 e. The molecule has 0 bridgehead atoms. The largest absolute Gasteiger partial charge is 0.481 e. The molecule has 0 spiro atoms. The third-order valence-electron chi connectivity index (χ3n) is 4.13. The van der Waals surface area contributed by atoms with Crippen molar-refractivity contribution < 1.29 is 24.4 Å². The standard InChI is InChI=1S/C13H17NO6/c1-2-8-3-9-6-13(7-14(18)19,10(9)4-8)20-12(17)5-11(15)16/h4,9-10H,2-3,5-7H2,1H3,(H,15,16). The van der Waals surface area contributed by atoms with Gasteiger partial charge in [0, 0.05) is 10.8 Å². The van der Waals surface area contributed by atoms with E-state index >= 15 is 0 Å². The van der Waals surface area contributed by atoms with Crippen LogP contribution in [-0.2, 0) is 14.3 Å². The second-order valence-electron chi connectivity index (χ2n) is 5.47. The zero-order valence-corrected chi connectivity index (χ0v) is 11.2. The van der Waals surface area contributed by atoms with Gasteiger partial charge in [-0.1, -0.05) is 18.6 Å². The molecule has 0 aromatic rings. The Morgan fingerprint density at radius 2 is 2.30 bits per heavy atom. The van der Waals surface area contributed by atoms with Crippen molar-refractivity contribution in [2.75, 3.05) is 6.54 Å². The quantitative estimate of drug-likeness (QED) is 0.259. The van der Waals surface area contributed by atoms with Crippen molar-refractivity contribution in [1.82, 2.24) is 0 Å². The van der Waals surface area contributed by atoms with Crippen LogP contribution in [0.3, 0.4) is 0 Å². The van der Waals surface area contributed by atoms with Crippen molar-refractivity contribution in [1.29, 1.82) is 0 Å². The van der Waals surface area contributed by atoms with Gasteiger partial charge in [-0.05, 0) is 25.2 Å².